The highest BCUT2D eigenvalue weighted by molar-refractivity contribution is 6.68. The van der Waals surface area contributed by atoms with Crippen LogP contribution in [0.2, 0.25) is 0 Å². The maximum absolute atomic E-state index is 5.52. The second-order valence-electron chi connectivity index (χ2n) is 2.60. The van der Waals surface area contributed by atoms with Gasteiger partial charge in [-0.3, -0.25) is 0 Å². The van der Waals surface area contributed by atoms with E-state index in [0.29, 0.717) is 0 Å². The summed E-state index contributed by atoms with van der Waals surface area (Å²) in [4.78, 5) is 0. The number of hydrogen-bond donors (Lipinski definition) is 0. The zero-order valence-electron chi connectivity index (χ0n) is 6.75. The molecule has 0 N–H and O–H groups in total. The molecule has 0 unspecified atom stereocenters. The third kappa shape index (κ3) is 10.9. The molecule has 0 saturated carbocycles. The minimum absolute atomic E-state index is 0.899. The van der Waals surface area contributed by atoms with Crippen LogP contribution < -0.4 is 0 Å². The summed E-state index contributed by atoms with van der Waals surface area (Å²) in [7, 11) is 0. The summed E-state index contributed by atoms with van der Waals surface area (Å²) in [5.74, 6) is 0. The molecule has 0 heterocycles. The van der Waals surface area contributed by atoms with Crippen molar-refractivity contribution in [2.75, 3.05) is 0 Å². The Balaban J connectivity index is 3.02. The van der Waals surface area contributed by atoms with Crippen LogP contribution in [0.1, 0.15) is 39.0 Å². The predicted octanol–water partition coefficient (Wildman–Crippen LogP) is 4.53. The lowest BCUT2D eigenvalue weighted by atomic mass is 10.1. The smallest absolute Gasteiger partial charge is 0.0834 e. The van der Waals surface area contributed by atoms with Crippen LogP contribution in [-0.2, 0) is 0 Å². The van der Waals surface area contributed by atoms with Gasteiger partial charge < -0.3 is 0 Å². The van der Waals surface area contributed by atoms with Crippen LogP contribution in [-0.4, -0.2) is 3.79 Å². The monoisotopic (exact) mass is 215 g/mol. The van der Waals surface area contributed by atoms with Gasteiger partial charge in [0.2, 0.25) is 0 Å². The molecule has 0 aliphatic carbocycles. The quantitative estimate of drug-likeness (QED) is 0.468. The third-order valence-corrected chi connectivity index (χ3v) is 1.90. The van der Waals surface area contributed by atoms with Crippen LogP contribution in [0.3, 0.4) is 0 Å². The van der Waals surface area contributed by atoms with E-state index in [1.54, 1.807) is 6.42 Å². The number of unbranched alkanes of at least 4 members (excludes halogenated alkanes) is 4. The molecule has 0 amide bonds. The molecule has 0 aromatic carbocycles. The normalized spacial score (nSPS) is 12.0. The first-order chi connectivity index (χ1) is 5.06. The van der Waals surface area contributed by atoms with Crippen molar-refractivity contribution in [2.45, 2.75) is 42.8 Å². The van der Waals surface area contributed by atoms with Gasteiger partial charge >= 0.3 is 0 Å². The maximum atomic E-state index is 5.52. The van der Waals surface area contributed by atoms with E-state index in [4.69, 9.17) is 34.8 Å². The molecule has 0 saturated heterocycles. The van der Waals surface area contributed by atoms with Crippen molar-refractivity contribution in [3.8, 4) is 0 Å². The molecule has 0 spiro atoms. The Morgan fingerprint density at radius 2 is 1.73 bits per heavy atom. The van der Waals surface area contributed by atoms with Crippen molar-refractivity contribution in [2.24, 2.45) is 0 Å². The van der Waals surface area contributed by atoms with E-state index in [-0.39, 0.29) is 0 Å². The summed E-state index contributed by atoms with van der Waals surface area (Å²) in [6.45, 7) is 2.18. The third-order valence-electron chi connectivity index (χ3n) is 1.43. The number of halogens is 3. The molecule has 0 aromatic heterocycles. The fourth-order valence-corrected chi connectivity index (χ4v) is 1.16. The zero-order chi connectivity index (χ0) is 8.74. The van der Waals surface area contributed by atoms with Gasteiger partial charge in [-0.2, -0.15) is 0 Å². The Kier molecular flexibility index (Phi) is 6.90. The van der Waals surface area contributed by atoms with Crippen LogP contribution in [0.5, 0.6) is 0 Å². The van der Waals surface area contributed by atoms with Crippen LogP contribution >= 0.6 is 34.8 Å². The standard InChI is InChI=1S/C8H14Cl3/c1-2-3-4-5-6-7-8(9,10)11/h7H,2-6H2,1H3. The van der Waals surface area contributed by atoms with E-state index in [1.165, 1.54) is 19.3 Å². The number of alkyl halides is 3. The van der Waals surface area contributed by atoms with Gasteiger partial charge in [-0.1, -0.05) is 67.4 Å². The Hall–Kier alpha value is 0.870. The molecular weight excluding hydrogens is 202 g/mol. The van der Waals surface area contributed by atoms with Gasteiger partial charge in [0.1, 0.15) is 0 Å². The van der Waals surface area contributed by atoms with Crippen molar-refractivity contribution in [3.05, 3.63) is 6.42 Å². The first-order valence-corrected chi connectivity index (χ1v) is 5.10. The Morgan fingerprint density at radius 1 is 1.09 bits per heavy atom. The van der Waals surface area contributed by atoms with E-state index >= 15 is 0 Å². The topological polar surface area (TPSA) is 0 Å². The first kappa shape index (κ1) is 11.9. The van der Waals surface area contributed by atoms with Gasteiger partial charge in [-0.25, -0.2) is 0 Å². The fraction of sp³-hybridized carbons (Fsp3) is 0.875. The molecule has 0 aliphatic rings. The molecule has 0 nitrogen and oxygen atoms in total. The summed E-state index contributed by atoms with van der Waals surface area (Å²) in [5.41, 5.74) is 0. The fourth-order valence-electron chi connectivity index (χ4n) is 0.837. The minimum atomic E-state index is -1.16. The molecule has 0 aliphatic heterocycles. The lowest BCUT2D eigenvalue weighted by Crippen LogP contribution is -2.01. The van der Waals surface area contributed by atoms with E-state index in [9.17, 15) is 0 Å². The van der Waals surface area contributed by atoms with Crippen molar-refractivity contribution in [1.82, 2.24) is 0 Å². The van der Waals surface area contributed by atoms with E-state index < -0.39 is 3.79 Å². The van der Waals surface area contributed by atoms with Crippen molar-refractivity contribution in [3.63, 3.8) is 0 Å². The molecule has 0 atom stereocenters. The van der Waals surface area contributed by atoms with Gasteiger partial charge in [-0.15, -0.1) is 0 Å². The summed E-state index contributed by atoms with van der Waals surface area (Å²) in [6.07, 6.45) is 7.50. The summed E-state index contributed by atoms with van der Waals surface area (Å²) in [5, 5.41) is 0. The molecule has 1 radical (unpaired) electrons. The van der Waals surface area contributed by atoms with Gasteiger partial charge in [0.15, 0.2) is 3.79 Å². The predicted molar refractivity (Wildman–Crippen MR) is 53.3 cm³/mol. The zero-order valence-corrected chi connectivity index (χ0v) is 9.01. The highest BCUT2D eigenvalue weighted by Crippen LogP contribution is 2.31. The van der Waals surface area contributed by atoms with E-state index in [0.717, 1.165) is 12.8 Å². The lowest BCUT2D eigenvalue weighted by molar-refractivity contribution is 0.659. The van der Waals surface area contributed by atoms with Crippen LogP contribution in [0.4, 0.5) is 0 Å². The maximum Gasteiger partial charge on any atom is 0.193 e. The second kappa shape index (κ2) is 6.39. The molecule has 67 valence electrons. The summed E-state index contributed by atoms with van der Waals surface area (Å²) in [6, 6.07) is 0. The Morgan fingerprint density at radius 3 is 2.18 bits per heavy atom. The van der Waals surface area contributed by atoms with Crippen molar-refractivity contribution in [1.29, 1.82) is 0 Å². The highest BCUT2D eigenvalue weighted by Gasteiger charge is 2.18. The van der Waals surface area contributed by atoms with E-state index in [2.05, 4.69) is 6.92 Å². The average Bonchev–Trinajstić information content (AvgIpc) is 1.85. The highest BCUT2D eigenvalue weighted by atomic mass is 35.6. The average molecular weight is 217 g/mol. The molecule has 3 heteroatoms. The van der Waals surface area contributed by atoms with E-state index in [1.807, 2.05) is 0 Å². The van der Waals surface area contributed by atoms with Crippen molar-refractivity contribution >= 4 is 34.8 Å². The molecule has 0 fully saturated rings. The molecule has 11 heavy (non-hydrogen) atoms. The number of hydrogen-bond acceptors (Lipinski definition) is 0. The molecule has 0 aromatic rings. The van der Waals surface area contributed by atoms with Crippen molar-refractivity contribution < 1.29 is 0 Å². The summed E-state index contributed by atoms with van der Waals surface area (Å²) < 4.78 is -1.16. The van der Waals surface area contributed by atoms with Gasteiger partial charge in [-0.05, 0) is 6.42 Å². The van der Waals surface area contributed by atoms with Gasteiger partial charge in [0, 0.05) is 6.42 Å². The second-order valence-corrected chi connectivity index (χ2v) is 4.96. The lowest BCUT2D eigenvalue weighted by Gasteiger charge is -2.08. The van der Waals surface area contributed by atoms with Gasteiger partial charge in [0.25, 0.3) is 0 Å². The Labute approximate surface area is 84.2 Å². The van der Waals surface area contributed by atoms with Gasteiger partial charge in [0.05, 0.1) is 0 Å². The Bertz CT molecular complexity index is 85.8. The van der Waals surface area contributed by atoms with Crippen LogP contribution in [0, 0.1) is 6.42 Å². The van der Waals surface area contributed by atoms with Crippen LogP contribution in [0.25, 0.3) is 0 Å². The largest absolute Gasteiger partial charge is 0.193 e. The minimum Gasteiger partial charge on any atom is -0.0834 e. The van der Waals surface area contributed by atoms with Crippen LogP contribution in [0.15, 0.2) is 0 Å². The molecule has 0 bridgehead atoms. The summed E-state index contributed by atoms with van der Waals surface area (Å²) >= 11 is 16.6. The molecular formula is C8H14Cl3. The number of rotatable bonds is 5. The molecule has 0 rings (SSSR count). The SMILES string of the molecule is CCCCCC[CH]C(Cl)(Cl)Cl. The first-order valence-electron chi connectivity index (χ1n) is 3.97.